The van der Waals surface area contributed by atoms with Gasteiger partial charge in [0.05, 0.1) is 6.10 Å². The highest BCUT2D eigenvalue weighted by Gasteiger charge is 2.35. The molecule has 1 rings (SSSR count). The van der Waals surface area contributed by atoms with Crippen molar-refractivity contribution in [3.05, 3.63) is 0 Å². The summed E-state index contributed by atoms with van der Waals surface area (Å²) < 4.78 is 0. The van der Waals surface area contributed by atoms with Gasteiger partial charge in [-0.2, -0.15) is 0 Å². The Kier molecular flexibility index (Phi) is 1.33. The molecule has 0 bridgehead atoms. The highest BCUT2D eigenvalue weighted by molar-refractivity contribution is 4.84. The molecule has 0 spiro atoms. The summed E-state index contributed by atoms with van der Waals surface area (Å²) in [6.45, 7) is 2.13. The SMILES string of the molecule is CCCC1CC1[O]. The minimum atomic E-state index is -0.181. The first-order valence-corrected chi connectivity index (χ1v) is 3.00. The van der Waals surface area contributed by atoms with Gasteiger partial charge < -0.3 is 0 Å². The zero-order valence-corrected chi connectivity index (χ0v) is 4.68. The van der Waals surface area contributed by atoms with Crippen LogP contribution < -0.4 is 0 Å². The van der Waals surface area contributed by atoms with Crippen LogP contribution in [0.2, 0.25) is 0 Å². The number of hydrogen-bond donors (Lipinski definition) is 0. The standard InChI is InChI=1S/C6H11O/c1-2-3-5-4-6(5)7/h5-6H,2-4H2,1H3. The molecular formula is C6H11O. The van der Waals surface area contributed by atoms with E-state index < -0.39 is 0 Å². The highest BCUT2D eigenvalue weighted by atomic mass is 16.3. The first kappa shape index (κ1) is 5.10. The normalized spacial score (nSPS) is 38.6. The van der Waals surface area contributed by atoms with Gasteiger partial charge in [-0.3, -0.25) is 0 Å². The van der Waals surface area contributed by atoms with E-state index in [1.54, 1.807) is 0 Å². The Morgan fingerprint density at radius 2 is 2.29 bits per heavy atom. The molecule has 0 amide bonds. The zero-order chi connectivity index (χ0) is 5.28. The largest absolute Gasteiger partial charge is 0.233 e. The second kappa shape index (κ2) is 1.83. The molecule has 1 fully saturated rings. The van der Waals surface area contributed by atoms with Crippen molar-refractivity contribution in [3.63, 3.8) is 0 Å². The fraction of sp³-hybridized carbons (Fsp3) is 1.00. The lowest BCUT2D eigenvalue weighted by molar-refractivity contribution is 0.159. The quantitative estimate of drug-likeness (QED) is 0.501. The highest BCUT2D eigenvalue weighted by Crippen LogP contribution is 2.34. The minimum Gasteiger partial charge on any atom is -0.233 e. The van der Waals surface area contributed by atoms with Crippen LogP contribution in [-0.2, 0) is 5.11 Å². The number of hydrogen-bond acceptors (Lipinski definition) is 0. The summed E-state index contributed by atoms with van der Waals surface area (Å²) >= 11 is 0. The van der Waals surface area contributed by atoms with Crippen LogP contribution in [0.25, 0.3) is 0 Å². The van der Waals surface area contributed by atoms with E-state index in [4.69, 9.17) is 0 Å². The third-order valence-corrected chi connectivity index (χ3v) is 1.52. The Hall–Kier alpha value is -0.0400. The molecule has 2 atom stereocenters. The van der Waals surface area contributed by atoms with Crippen molar-refractivity contribution in [2.24, 2.45) is 5.92 Å². The van der Waals surface area contributed by atoms with Gasteiger partial charge in [0.1, 0.15) is 0 Å². The first-order chi connectivity index (χ1) is 3.34. The summed E-state index contributed by atoms with van der Waals surface area (Å²) in [6, 6.07) is 0. The van der Waals surface area contributed by atoms with Crippen LogP contribution in [0, 0.1) is 5.92 Å². The van der Waals surface area contributed by atoms with Gasteiger partial charge in [0.25, 0.3) is 0 Å². The smallest absolute Gasteiger partial charge is 0.0962 e. The lowest BCUT2D eigenvalue weighted by Crippen LogP contribution is -1.80. The lowest BCUT2D eigenvalue weighted by Gasteiger charge is -1.84. The van der Waals surface area contributed by atoms with Gasteiger partial charge in [0.2, 0.25) is 0 Å². The van der Waals surface area contributed by atoms with Crippen LogP contribution in [0.3, 0.4) is 0 Å². The Morgan fingerprint density at radius 1 is 1.71 bits per heavy atom. The van der Waals surface area contributed by atoms with Gasteiger partial charge in [0.15, 0.2) is 0 Å². The van der Waals surface area contributed by atoms with E-state index in [-0.39, 0.29) is 6.10 Å². The average Bonchev–Trinajstić information content (AvgIpc) is 2.22. The van der Waals surface area contributed by atoms with Gasteiger partial charge in [-0.1, -0.05) is 13.3 Å². The van der Waals surface area contributed by atoms with Crippen molar-refractivity contribution >= 4 is 0 Å². The summed E-state index contributed by atoms with van der Waals surface area (Å²) in [4.78, 5) is 0. The Balaban J connectivity index is 1.98. The van der Waals surface area contributed by atoms with E-state index in [1.807, 2.05) is 0 Å². The molecule has 1 radical (unpaired) electrons. The molecule has 0 aromatic carbocycles. The molecule has 2 unspecified atom stereocenters. The van der Waals surface area contributed by atoms with Crippen LogP contribution >= 0.6 is 0 Å². The van der Waals surface area contributed by atoms with Gasteiger partial charge in [-0.15, -0.1) is 0 Å². The molecule has 1 heteroatoms. The maximum atomic E-state index is 10.4. The molecule has 0 aromatic heterocycles. The van der Waals surface area contributed by atoms with Crippen LogP contribution in [-0.4, -0.2) is 6.10 Å². The summed E-state index contributed by atoms with van der Waals surface area (Å²) in [5.74, 6) is 0.560. The van der Waals surface area contributed by atoms with Crippen molar-refractivity contribution in [3.8, 4) is 0 Å². The minimum absolute atomic E-state index is 0.181. The topological polar surface area (TPSA) is 19.9 Å². The third-order valence-electron chi connectivity index (χ3n) is 1.52. The molecule has 1 aliphatic carbocycles. The molecule has 41 valence electrons. The van der Waals surface area contributed by atoms with Gasteiger partial charge >= 0.3 is 0 Å². The summed E-state index contributed by atoms with van der Waals surface area (Å²) in [7, 11) is 0. The van der Waals surface area contributed by atoms with Crippen LogP contribution in [0.4, 0.5) is 0 Å². The van der Waals surface area contributed by atoms with Gasteiger partial charge in [0, 0.05) is 0 Å². The maximum absolute atomic E-state index is 10.4. The predicted molar refractivity (Wildman–Crippen MR) is 27.5 cm³/mol. The second-order valence-corrected chi connectivity index (χ2v) is 2.32. The van der Waals surface area contributed by atoms with Crippen molar-refractivity contribution in [2.75, 3.05) is 0 Å². The molecule has 0 heterocycles. The molecule has 1 aliphatic rings. The van der Waals surface area contributed by atoms with E-state index in [0.29, 0.717) is 5.92 Å². The molecule has 0 saturated heterocycles. The Morgan fingerprint density at radius 3 is 2.43 bits per heavy atom. The average molecular weight is 99.2 g/mol. The molecule has 0 aliphatic heterocycles. The van der Waals surface area contributed by atoms with Crippen molar-refractivity contribution in [1.29, 1.82) is 0 Å². The summed E-state index contributed by atoms with van der Waals surface area (Å²) in [5, 5.41) is 10.4. The fourth-order valence-electron chi connectivity index (χ4n) is 0.894. The second-order valence-electron chi connectivity index (χ2n) is 2.32. The molecule has 0 aromatic rings. The van der Waals surface area contributed by atoms with Crippen molar-refractivity contribution in [1.82, 2.24) is 0 Å². The van der Waals surface area contributed by atoms with Gasteiger partial charge in [-0.05, 0) is 18.8 Å². The number of rotatable bonds is 2. The van der Waals surface area contributed by atoms with Crippen LogP contribution in [0.5, 0.6) is 0 Å². The van der Waals surface area contributed by atoms with E-state index in [9.17, 15) is 5.11 Å². The molecule has 7 heavy (non-hydrogen) atoms. The monoisotopic (exact) mass is 99.1 g/mol. The molecular weight excluding hydrogens is 88.1 g/mol. The Labute approximate surface area is 44.4 Å². The lowest BCUT2D eigenvalue weighted by atomic mass is 10.2. The van der Waals surface area contributed by atoms with E-state index in [1.165, 1.54) is 6.42 Å². The van der Waals surface area contributed by atoms with Crippen LogP contribution in [0.1, 0.15) is 26.2 Å². The maximum Gasteiger partial charge on any atom is 0.0962 e. The van der Waals surface area contributed by atoms with Crippen molar-refractivity contribution < 1.29 is 5.11 Å². The van der Waals surface area contributed by atoms with Crippen LogP contribution in [0.15, 0.2) is 0 Å². The first-order valence-electron chi connectivity index (χ1n) is 3.00. The van der Waals surface area contributed by atoms with E-state index >= 15 is 0 Å². The van der Waals surface area contributed by atoms with E-state index in [0.717, 1.165) is 12.8 Å². The van der Waals surface area contributed by atoms with Gasteiger partial charge in [-0.25, -0.2) is 5.11 Å². The zero-order valence-electron chi connectivity index (χ0n) is 4.68. The third kappa shape index (κ3) is 1.16. The van der Waals surface area contributed by atoms with Crippen molar-refractivity contribution in [2.45, 2.75) is 32.3 Å². The van der Waals surface area contributed by atoms with E-state index in [2.05, 4.69) is 6.92 Å². The molecule has 1 nitrogen and oxygen atoms in total. The summed E-state index contributed by atoms with van der Waals surface area (Å²) in [6.07, 6.45) is 3.12. The molecule has 1 saturated carbocycles. The predicted octanol–water partition coefficient (Wildman–Crippen LogP) is 1.61. The summed E-state index contributed by atoms with van der Waals surface area (Å²) in [5.41, 5.74) is 0. The fourth-order valence-corrected chi connectivity index (χ4v) is 0.894. The molecule has 0 N–H and O–H groups in total. The Bertz CT molecular complexity index is 61.2.